The molecule has 3 aliphatic carbocycles. The predicted molar refractivity (Wildman–Crippen MR) is 133 cm³/mol. The van der Waals surface area contributed by atoms with Crippen molar-refractivity contribution in [3.63, 3.8) is 0 Å². The summed E-state index contributed by atoms with van der Waals surface area (Å²) < 4.78 is 41.3. The van der Waals surface area contributed by atoms with Crippen molar-refractivity contribution in [3.8, 4) is 6.07 Å². The van der Waals surface area contributed by atoms with Crippen molar-refractivity contribution in [2.45, 2.75) is 71.9 Å². The van der Waals surface area contributed by atoms with Crippen LogP contribution in [-0.4, -0.2) is 18.9 Å². The number of alkyl halides is 3. The van der Waals surface area contributed by atoms with Crippen molar-refractivity contribution < 1.29 is 22.8 Å². The molecule has 37 heavy (non-hydrogen) atoms. The van der Waals surface area contributed by atoms with E-state index < -0.39 is 17.3 Å². The van der Waals surface area contributed by atoms with E-state index in [0.717, 1.165) is 49.4 Å². The average Bonchev–Trinajstić information content (AvgIpc) is 3.18. The summed E-state index contributed by atoms with van der Waals surface area (Å²) in [5.74, 6) is 0.531. The number of nitrogens with zero attached hydrogens (tertiary/aromatic N) is 2. The number of likely N-dealkylation sites (tertiary alicyclic amines) is 1. The summed E-state index contributed by atoms with van der Waals surface area (Å²) in [6, 6.07) is 5.35. The van der Waals surface area contributed by atoms with Gasteiger partial charge in [0.25, 0.3) is 0 Å². The molecule has 1 unspecified atom stereocenters. The first-order valence-electron chi connectivity index (χ1n) is 13.2. The summed E-state index contributed by atoms with van der Waals surface area (Å²) in [6.07, 6.45) is 0.578. The lowest BCUT2D eigenvalue weighted by molar-refractivity contribution is -0.139. The molecule has 1 aliphatic heterocycles. The lowest BCUT2D eigenvalue weighted by atomic mass is 9.47. The highest BCUT2D eigenvalue weighted by atomic mass is 19.4. The standard InChI is InChI=1S/C29H34F3N3O2/c1-16-13-19-20-7-8-22(26(34)37)27(20,2)11-9-21(19)28(3)12-10-24(36)35(4,25(16)28)18-6-5-17(15-33)23(14-18)29(30,31)32/h5-6,14,19-22H,7-13H2,1-4H3,(H-,34,37)/p+1/t19-,20-,21-,22+,27-,28+,35?/m0/s1. The molecule has 0 aromatic heterocycles. The molecule has 0 radical (unpaired) electrons. The number of hydrogen-bond donors (Lipinski definition) is 1. The van der Waals surface area contributed by atoms with Gasteiger partial charge in [-0.25, -0.2) is 9.28 Å². The molecule has 5 nitrogen and oxygen atoms in total. The lowest BCUT2D eigenvalue weighted by Gasteiger charge is -2.59. The number of halogens is 3. The molecule has 4 aliphatic rings. The molecule has 8 heteroatoms. The Morgan fingerprint density at radius 2 is 1.86 bits per heavy atom. The van der Waals surface area contributed by atoms with Gasteiger partial charge in [-0.3, -0.25) is 4.79 Å². The third-order valence-corrected chi connectivity index (χ3v) is 10.8. The van der Waals surface area contributed by atoms with Crippen molar-refractivity contribution in [2.24, 2.45) is 40.2 Å². The van der Waals surface area contributed by atoms with Gasteiger partial charge >= 0.3 is 12.1 Å². The van der Waals surface area contributed by atoms with Gasteiger partial charge in [-0.2, -0.15) is 18.4 Å². The molecule has 2 N–H and O–H groups in total. The molecule has 5 rings (SSSR count). The zero-order chi connectivity index (χ0) is 27.1. The van der Waals surface area contributed by atoms with Crippen molar-refractivity contribution in [2.75, 3.05) is 7.05 Å². The van der Waals surface area contributed by atoms with Gasteiger partial charge in [-0.15, -0.1) is 0 Å². The number of benzene rings is 1. The number of allylic oxidation sites excluding steroid dienone is 2. The molecule has 0 spiro atoms. The topological polar surface area (TPSA) is 83.9 Å². The molecule has 1 aromatic rings. The Morgan fingerprint density at radius 3 is 2.49 bits per heavy atom. The summed E-state index contributed by atoms with van der Waals surface area (Å²) in [5, 5.41) is 9.29. The predicted octanol–water partition coefficient (Wildman–Crippen LogP) is 6.06. The second-order valence-electron chi connectivity index (χ2n) is 12.4. The molecule has 1 aromatic carbocycles. The maximum absolute atomic E-state index is 13.9. The molecule has 2 saturated carbocycles. The molecule has 198 valence electrons. The highest BCUT2D eigenvalue weighted by molar-refractivity contribution is 5.93. The van der Waals surface area contributed by atoms with E-state index in [1.807, 2.05) is 6.92 Å². The maximum atomic E-state index is 13.9. The van der Waals surface area contributed by atoms with Crippen LogP contribution in [-0.2, 0) is 15.8 Å². The summed E-state index contributed by atoms with van der Waals surface area (Å²) >= 11 is 0. The quantitative estimate of drug-likeness (QED) is 0.487. The Kier molecular flexibility index (Phi) is 5.73. The Hall–Kier alpha value is -2.66. The Labute approximate surface area is 216 Å². The first kappa shape index (κ1) is 26.0. The van der Waals surface area contributed by atoms with Crippen LogP contribution in [0.2, 0.25) is 0 Å². The van der Waals surface area contributed by atoms with Gasteiger partial charge in [0.2, 0.25) is 5.91 Å². The minimum absolute atomic E-state index is 0.120. The first-order chi connectivity index (χ1) is 17.2. The normalized spacial score (nSPS) is 39.5. The summed E-state index contributed by atoms with van der Waals surface area (Å²) in [6.45, 7) is 6.44. The number of nitrogens with two attached hydrogens (primary N) is 1. The van der Waals surface area contributed by atoms with E-state index in [4.69, 9.17) is 5.73 Å². The number of amides is 2. The molecular formula is C29H35F3N3O2+. The SMILES string of the molecule is CC1=C2[C@](C)(CCC(=O)[N+]2(C)c2ccc(C#N)c(C(F)(F)F)c2)[C@H]2CC[C@]3(C)[C@@H](C(N)=O)CC[C@H]3[C@@H]2C1. The lowest BCUT2D eigenvalue weighted by Crippen LogP contribution is -2.63. The van der Waals surface area contributed by atoms with E-state index >= 15 is 0 Å². The van der Waals surface area contributed by atoms with Crippen LogP contribution >= 0.6 is 0 Å². The van der Waals surface area contributed by atoms with E-state index in [9.17, 15) is 28.0 Å². The fourth-order valence-electron chi connectivity index (χ4n) is 9.27. The van der Waals surface area contributed by atoms with Crippen LogP contribution in [0.15, 0.2) is 29.5 Å². The van der Waals surface area contributed by atoms with E-state index in [0.29, 0.717) is 18.3 Å². The van der Waals surface area contributed by atoms with Crippen molar-refractivity contribution >= 4 is 17.5 Å². The van der Waals surface area contributed by atoms with Gasteiger partial charge in [0.1, 0.15) is 11.4 Å². The highest BCUT2D eigenvalue weighted by Gasteiger charge is 2.65. The van der Waals surface area contributed by atoms with Crippen LogP contribution in [0.25, 0.3) is 0 Å². The van der Waals surface area contributed by atoms with Gasteiger partial charge < -0.3 is 5.73 Å². The largest absolute Gasteiger partial charge is 0.417 e. The Morgan fingerprint density at radius 1 is 1.16 bits per heavy atom. The Balaban J connectivity index is 1.64. The summed E-state index contributed by atoms with van der Waals surface area (Å²) in [4.78, 5) is 25.9. The number of carbonyl (C=O) groups is 2. The average molecular weight is 515 g/mol. The minimum atomic E-state index is -4.70. The third kappa shape index (κ3) is 3.46. The zero-order valence-electron chi connectivity index (χ0n) is 21.9. The highest BCUT2D eigenvalue weighted by Crippen LogP contribution is 2.67. The van der Waals surface area contributed by atoms with Crippen LogP contribution in [0.4, 0.5) is 18.9 Å². The first-order valence-corrected chi connectivity index (χ1v) is 13.2. The van der Waals surface area contributed by atoms with Crippen LogP contribution in [0.3, 0.4) is 0 Å². The molecule has 2 amide bonds. The number of rotatable bonds is 2. The number of quaternary nitrogens is 1. The molecule has 7 atom stereocenters. The summed E-state index contributed by atoms with van der Waals surface area (Å²) in [7, 11) is 1.73. The molecular weight excluding hydrogens is 479 g/mol. The summed E-state index contributed by atoms with van der Waals surface area (Å²) in [5.41, 5.74) is 6.11. The van der Waals surface area contributed by atoms with E-state index in [1.54, 1.807) is 13.1 Å². The molecule has 0 bridgehead atoms. The minimum Gasteiger partial charge on any atom is -0.369 e. The zero-order valence-corrected chi connectivity index (χ0v) is 21.9. The monoisotopic (exact) mass is 514 g/mol. The van der Waals surface area contributed by atoms with E-state index in [2.05, 4.69) is 13.8 Å². The van der Waals surface area contributed by atoms with Gasteiger partial charge in [0.15, 0.2) is 0 Å². The second kappa shape index (κ2) is 8.17. The van der Waals surface area contributed by atoms with Crippen molar-refractivity contribution in [1.29, 1.82) is 5.26 Å². The molecule has 1 saturated heterocycles. The van der Waals surface area contributed by atoms with Crippen LogP contribution < -0.4 is 10.2 Å². The number of piperidine rings is 1. The van der Waals surface area contributed by atoms with Gasteiger partial charge in [-0.1, -0.05) is 13.8 Å². The maximum Gasteiger partial charge on any atom is 0.417 e. The number of fused-ring (bicyclic) bond motifs is 5. The van der Waals surface area contributed by atoms with Crippen molar-refractivity contribution in [1.82, 2.24) is 4.48 Å². The smallest absolute Gasteiger partial charge is 0.369 e. The number of nitriles is 1. The fourth-order valence-corrected chi connectivity index (χ4v) is 9.27. The molecule has 3 fully saturated rings. The molecule has 1 heterocycles. The van der Waals surface area contributed by atoms with E-state index in [-0.39, 0.29) is 51.1 Å². The van der Waals surface area contributed by atoms with Gasteiger partial charge in [-0.05, 0) is 80.3 Å². The Bertz CT molecular complexity index is 1260. The third-order valence-electron chi connectivity index (χ3n) is 10.8. The van der Waals surface area contributed by atoms with Crippen molar-refractivity contribution in [3.05, 3.63) is 40.6 Å². The number of hydrogen-bond acceptors (Lipinski definition) is 3. The second-order valence-corrected chi connectivity index (χ2v) is 12.4. The van der Waals surface area contributed by atoms with Crippen LogP contribution in [0.5, 0.6) is 0 Å². The van der Waals surface area contributed by atoms with Crippen LogP contribution in [0, 0.1) is 45.8 Å². The fraction of sp³-hybridized carbons (Fsp3) is 0.621. The number of primary amides is 1. The van der Waals surface area contributed by atoms with Gasteiger partial charge in [0.05, 0.1) is 30.7 Å². The van der Waals surface area contributed by atoms with Crippen LogP contribution in [0.1, 0.15) is 76.8 Å². The number of carbonyl (C=O) groups excluding carboxylic acids is 2. The van der Waals surface area contributed by atoms with Gasteiger partial charge in [0, 0.05) is 23.5 Å². The van der Waals surface area contributed by atoms with E-state index in [1.165, 1.54) is 12.1 Å².